The summed E-state index contributed by atoms with van der Waals surface area (Å²) in [6.07, 6.45) is 0.0933. The van der Waals surface area contributed by atoms with E-state index in [9.17, 15) is 4.79 Å². The molecule has 112 valence electrons. The molecular formula is C18H18N2O2. The maximum Gasteiger partial charge on any atom is 0.304 e. The van der Waals surface area contributed by atoms with Crippen LogP contribution >= 0.6 is 0 Å². The van der Waals surface area contributed by atoms with E-state index in [2.05, 4.69) is 5.10 Å². The van der Waals surface area contributed by atoms with E-state index in [0.29, 0.717) is 6.54 Å². The molecule has 2 aromatic carbocycles. The molecule has 1 N–H and O–H groups in total. The van der Waals surface area contributed by atoms with Gasteiger partial charge < -0.3 is 5.11 Å². The van der Waals surface area contributed by atoms with Crippen molar-refractivity contribution in [1.82, 2.24) is 0 Å². The SMILES string of the molecule is Cc1ccc(C2=NN(c3ccccc3)CC2CC(=O)O)cc1. The van der Waals surface area contributed by atoms with Crippen molar-refractivity contribution in [1.29, 1.82) is 0 Å². The minimum atomic E-state index is -0.792. The van der Waals surface area contributed by atoms with Crippen molar-refractivity contribution < 1.29 is 9.90 Å². The molecule has 0 saturated carbocycles. The summed E-state index contributed by atoms with van der Waals surface area (Å²) < 4.78 is 0. The van der Waals surface area contributed by atoms with Crippen LogP contribution in [-0.2, 0) is 4.79 Å². The largest absolute Gasteiger partial charge is 0.481 e. The molecule has 3 rings (SSSR count). The normalized spacial score (nSPS) is 17.4. The lowest BCUT2D eigenvalue weighted by molar-refractivity contribution is -0.137. The van der Waals surface area contributed by atoms with Crippen LogP contribution in [-0.4, -0.2) is 23.3 Å². The lowest BCUT2D eigenvalue weighted by atomic mass is 9.94. The zero-order valence-electron chi connectivity index (χ0n) is 12.4. The summed E-state index contributed by atoms with van der Waals surface area (Å²) in [5.74, 6) is -0.889. The lowest BCUT2D eigenvalue weighted by Gasteiger charge is -2.15. The summed E-state index contributed by atoms with van der Waals surface area (Å²) in [5.41, 5.74) is 4.01. The number of hydrogen-bond acceptors (Lipinski definition) is 3. The molecule has 0 aliphatic carbocycles. The Morgan fingerprint density at radius 2 is 1.86 bits per heavy atom. The second-order valence-corrected chi connectivity index (χ2v) is 5.56. The number of benzene rings is 2. The minimum Gasteiger partial charge on any atom is -0.481 e. The molecule has 0 bridgehead atoms. The molecular weight excluding hydrogens is 276 g/mol. The Morgan fingerprint density at radius 1 is 1.18 bits per heavy atom. The van der Waals surface area contributed by atoms with Gasteiger partial charge in [-0.1, -0.05) is 48.0 Å². The molecule has 0 radical (unpaired) electrons. The Morgan fingerprint density at radius 3 is 2.50 bits per heavy atom. The predicted molar refractivity (Wildman–Crippen MR) is 87.2 cm³/mol. The molecule has 1 unspecified atom stereocenters. The standard InChI is InChI=1S/C18H18N2O2/c1-13-7-9-14(10-8-13)18-15(11-17(21)22)12-20(19-18)16-5-3-2-4-6-16/h2-10,15H,11-12H2,1H3,(H,21,22). The van der Waals surface area contributed by atoms with E-state index in [4.69, 9.17) is 5.11 Å². The van der Waals surface area contributed by atoms with Gasteiger partial charge in [0.1, 0.15) is 0 Å². The highest BCUT2D eigenvalue weighted by molar-refractivity contribution is 6.05. The van der Waals surface area contributed by atoms with Gasteiger partial charge >= 0.3 is 5.97 Å². The number of carbonyl (C=O) groups is 1. The second-order valence-electron chi connectivity index (χ2n) is 5.56. The van der Waals surface area contributed by atoms with Crippen molar-refractivity contribution in [3.05, 3.63) is 65.7 Å². The third kappa shape index (κ3) is 3.01. The number of carboxylic acid groups (broad SMARTS) is 1. The maximum absolute atomic E-state index is 11.2. The third-order valence-electron chi connectivity index (χ3n) is 3.83. The molecule has 1 heterocycles. The Balaban J connectivity index is 1.94. The van der Waals surface area contributed by atoms with Crippen LogP contribution in [0.25, 0.3) is 0 Å². The van der Waals surface area contributed by atoms with Crippen molar-refractivity contribution in [2.75, 3.05) is 11.6 Å². The van der Waals surface area contributed by atoms with E-state index in [1.165, 1.54) is 5.56 Å². The quantitative estimate of drug-likeness (QED) is 0.941. The van der Waals surface area contributed by atoms with Gasteiger partial charge in [-0.2, -0.15) is 5.10 Å². The number of para-hydroxylation sites is 1. The minimum absolute atomic E-state index is 0.0933. The van der Waals surface area contributed by atoms with E-state index < -0.39 is 5.97 Å². The van der Waals surface area contributed by atoms with Gasteiger partial charge in [0, 0.05) is 5.92 Å². The van der Waals surface area contributed by atoms with Crippen LogP contribution in [0.2, 0.25) is 0 Å². The van der Waals surface area contributed by atoms with Gasteiger partial charge in [-0.25, -0.2) is 0 Å². The van der Waals surface area contributed by atoms with Crippen molar-refractivity contribution in [3.8, 4) is 0 Å². The van der Waals surface area contributed by atoms with Crippen molar-refractivity contribution in [3.63, 3.8) is 0 Å². The van der Waals surface area contributed by atoms with E-state index >= 15 is 0 Å². The first-order valence-corrected chi connectivity index (χ1v) is 7.33. The van der Waals surface area contributed by atoms with Gasteiger partial charge in [-0.05, 0) is 24.6 Å². The van der Waals surface area contributed by atoms with Crippen LogP contribution in [0.5, 0.6) is 0 Å². The molecule has 0 aromatic heterocycles. The van der Waals surface area contributed by atoms with Gasteiger partial charge in [0.05, 0.1) is 24.4 Å². The molecule has 1 aliphatic heterocycles. The number of nitrogens with zero attached hydrogens (tertiary/aromatic N) is 2. The van der Waals surface area contributed by atoms with Gasteiger partial charge in [-0.3, -0.25) is 9.80 Å². The number of aliphatic carboxylic acids is 1. The molecule has 4 nitrogen and oxygen atoms in total. The Hall–Kier alpha value is -2.62. The van der Waals surface area contributed by atoms with Gasteiger partial charge in [0.25, 0.3) is 0 Å². The average Bonchev–Trinajstić information content (AvgIpc) is 2.92. The summed E-state index contributed by atoms with van der Waals surface area (Å²) in [5, 5.41) is 15.7. The number of hydrazone groups is 1. The Bertz CT molecular complexity index is 693. The van der Waals surface area contributed by atoms with Crippen LogP contribution in [0.4, 0.5) is 5.69 Å². The Labute approximate surface area is 129 Å². The highest BCUT2D eigenvalue weighted by Gasteiger charge is 2.30. The average molecular weight is 294 g/mol. The van der Waals surface area contributed by atoms with E-state index in [0.717, 1.165) is 17.0 Å². The smallest absolute Gasteiger partial charge is 0.304 e. The third-order valence-corrected chi connectivity index (χ3v) is 3.83. The van der Waals surface area contributed by atoms with Crippen molar-refractivity contribution in [2.45, 2.75) is 13.3 Å². The predicted octanol–water partition coefficient (Wildman–Crippen LogP) is 3.31. The summed E-state index contributed by atoms with van der Waals surface area (Å²) in [6.45, 7) is 2.63. The number of rotatable bonds is 4. The van der Waals surface area contributed by atoms with Gasteiger partial charge in [0.2, 0.25) is 0 Å². The van der Waals surface area contributed by atoms with Crippen LogP contribution in [0.1, 0.15) is 17.5 Å². The van der Waals surface area contributed by atoms with Gasteiger partial charge in [-0.15, -0.1) is 0 Å². The molecule has 2 aromatic rings. The molecule has 1 atom stereocenters. The number of aryl methyl sites for hydroxylation is 1. The first kappa shape index (κ1) is 14.3. The van der Waals surface area contributed by atoms with E-state index in [-0.39, 0.29) is 12.3 Å². The Kier molecular flexibility index (Phi) is 3.92. The summed E-state index contributed by atoms with van der Waals surface area (Å²) in [6, 6.07) is 17.9. The monoisotopic (exact) mass is 294 g/mol. The molecule has 0 spiro atoms. The van der Waals surface area contributed by atoms with Crippen LogP contribution in [0.15, 0.2) is 59.7 Å². The van der Waals surface area contributed by atoms with Crippen LogP contribution in [0, 0.1) is 12.8 Å². The molecule has 22 heavy (non-hydrogen) atoms. The van der Waals surface area contributed by atoms with E-state index in [1.807, 2.05) is 66.5 Å². The summed E-state index contributed by atoms with van der Waals surface area (Å²) >= 11 is 0. The fourth-order valence-electron chi connectivity index (χ4n) is 2.70. The van der Waals surface area contributed by atoms with Crippen molar-refractivity contribution >= 4 is 17.4 Å². The number of hydrogen-bond donors (Lipinski definition) is 1. The number of anilines is 1. The van der Waals surface area contributed by atoms with Gasteiger partial charge in [0.15, 0.2) is 0 Å². The zero-order valence-corrected chi connectivity index (χ0v) is 12.4. The summed E-state index contributed by atoms with van der Waals surface area (Å²) in [4.78, 5) is 11.2. The fourth-order valence-corrected chi connectivity index (χ4v) is 2.70. The topological polar surface area (TPSA) is 52.9 Å². The first-order valence-electron chi connectivity index (χ1n) is 7.33. The first-order chi connectivity index (χ1) is 10.6. The van der Waals surface area contributed by atoms with Crippen LogP contribution in [0.3, 0.4) is 0 Å². The fraction of sp³-hybridized carbons (Fsp3) is 0.222. The number of carboxylic acids is 1. The second kappa shape index (κ2) is 6.02. The lowest BCUT2D eigenvalue weighted by Crippen LogP contribution is -2.22. The zero-order chi connectivity index (χ0) is 15.5. The molecule has 4 heteroatoms. The highest BCUT2D eigenvalue weighted by Crippen LogP contribution is 2.27. The molecule has 0 fully saturated rings. The summed E-state index contributed by atoms with van der Waals surface area (Å²) in [7, 11) is 0. The van der Waals surface area contributed by atoms with E-state index in [1.54, 1.807) is 0 Å². The molecule has 1 aliphatic rings. The van der Waals surface area contributed by atoms with Crippen LogP contribution < -0.4 is 5.01 Å². The highest BCUT2D eigenvalue weighted by atomic mass is 16.4. The maximum atomic E-state index is 11.2. The molecule has 0 saturated heterocycles. The molecule has 0 amide bonds. The van der Waals surface area contributed by atoms with Crippen molar-refractivity contribution in [2.24, 2.45) is 11.0 Å².